The molecule has 0 radical (unpaired) electrons. The van der Waals surface area contributed by atoms with Crippen LogP contribution in [0, 0.1) is 11.3 Å². The highest BCUT2D eigenvalue weighted by molar-refractivity contribution is 4.91. The standard InChI is InChI=1S/C15H30N2/c1-3-7-15(8-9-16-12-15)13-17-10-5-14(4-2)6-11-17/h14,16H,3-13H2,1-2H3. The Balaban J connectivity index is 1.82. The first-order valence-electron chi connectivity index (χ1n) is 7.71. The summed E-state index contributed by atoms with van der Waals surface area (Å²) < 4.78 is 0. The highest BCUT2D eigenvalue weighted by atomic mass is 15.1. The molecule has 0 aromatic carbocycles. The van der Waals surface area contributed by atoms with Gasteiger partial charge in [-0.15, -0.1) is 0 Å². The number of nitrogens with one attached hydrogen (secondary N) is 1. The minimum Gasteiger partial charge on any atom is -0.316 e. The minimum atomic E-state index is 0.605. The van der Waals surface area contributed by atoms with Crippen molar-refractivity contribution in [1.82, 2.24) is 10.2 Å². The Labute approximate surface area is 107 Å². The molecule has 1 atom stereocenters. The monoisotopic (exact) mass is 238 g/mol. The lowest BCUT2D eigenvalue weighted by Gasteiger charge is -2.38. The van der Waals surface area contributed by atoms with Gasteiger partial charge in [0.25, 0.3) is 0 Å². The maximum Gasteiger partial charge on any atom is 0.00506 e. The van der Waals surface area contributed by atoms with Crippen molar-refractivity contribution in [3.63, 3.8) is 0 Å². The molecular weight excluding hydrogens is 208 g/mol. The van der Waals surface area contributed by atoms with Crippen molar-refractivity contribution in [3.05, 3.63) is 0 Å². The molecule has 0 aromatic rings. The first-order valence-corrected chi connectivity index (χ1v) is 7.71. The topological polar surface area (TPSA) is 15.3 Å². The molecule has 0 aromatic heterocycles. The molecule has 0 bridgehead atoms. The van der Waals surface area contributed by atoms with Gasteiger partial charge in [0.15, 0.2) is 0 Å². The second kappa shape index (κ2) is 6.19. The van der Waals surface area contributed by atoms with E-state index in [0.29, 0.717) is 5.41 Å². The van der Waals surface area contributed by atoms with E-state index in [-0.39, 0.29) is 0 Å². The lowest BCUT2D eigenvalue weighted by atomic mass is 9.81. The summed E-state index contributed by atoms with van der Waals surface area (Å²) in [5.41, 5.74) is 0.605. The van der Waals surface area contributed by atoms with Crippen molar-refractivity contribution >= 4 is 0 Å². The van der Waals surface area contributed by atoms with Crippen LogP contribution in [0.1, 0.15) is 52.4 Å². The summed E-state index contributed by atoms with van der Waals surface area (Å²) in [4.78, 5) is 2.74. The number of rotatable bonds is 5. The molecule has 0 aliphatic carbocycles. The zero-order chi connectivity index (χ0) is 12.1. The molecule has 2 rings (SSSR count). The summed E-state index contributed by atoms with van der Waals surface area (Å²) in [7, 11) is 0. The van der Waals surface area contributed by atoms with E-state index in [1.54, 1.807) is 0 Å². The molecule has 2 fully saturated rings. The quantitative estimate of drug-likeness (QED) is 0.792. The van der Waals surface area contributed by atoms with Gasteiger partial charge < -0.3 is 10.2 Å². The van der Waals surface area contributed by atoms with Crippen LogP contribution < -0.4 is 5.32 Å². The van der Waals surface area contributed by atoms with Crippen LogP contribution in [0.5, 0.6) is 0 Å². The van der Waals surface area contributed by atoms with Gasteiger partial charge in [-0.25, -0.2) is 0 Å². The van der Waals surface area contributed by atoms with Gasteiger partial charge in [0.2, 0.25) is 0 Å². The average Bonchev–Trinajstić information content (AvgIpc) is 2.79. The van der Waals surface area contributed by atoms with Crippen molar-refractivity contribution in [1.29, 1.82) is 0 Å². The normalized spacial score (nSPS) is 32.1. The molecule has 2 saturated heterocycles. The second-order valence-electron chi connectivity index (χ2n) is 6.30. The molecule has 100 valence electrons. The Morgan fingerprint density at radius 2 is 2.00 bits per heavy atom. The minimum absolute atomic E-state index is 0.605. The van der Waals surface area contributed by atoms with Crippen LogP contribution >= 0.6 is 0 Å². The van der Waals surface area contributed by atoms with Crippen LogP contribution in [0.4, 0.5) is 0 Å². The fourth-order valence-corrected chi connectivity index (χ4v) is 3.78. The molecule has 2 nitrogen and oxygen atoms in total. The zero-order valence-corrected chi connectivity index (χ0v) is 11.8. The third-order valence-electron chi connectivity index (χ3n) is 4.96. The van der Waals surface area contributed by atoms with E-state index in [2.05, 4.69) is 24.1 Å². The molecule has 2 heterocycles. The van der Waals surface area contributed by atoms with Crippen molar-refractivity contribution in [2.45, 2.75) is 52.4 Å². The summed E-state index contributed by atoms with van der Waals surface area (Å²) in [5.74, 6) is 1.01. The van der Waals surface area contributed by atoms with E-state index in [1.807, 2.05) is 0 Å². The van der Waals surface area contributed by atoms with Crippen LogP contribution in [0.15, 0.2) is 0 Å². The lowest BCUT2D eigenvalue weighted by Crippen LogP contribution is -2.43. The van der Waals surface area contributed by atoms with Crippen LogP contribution in [-0.4, -0.2) is 37.6 Å². The fraction of sp³-hybridized carbons (Fsp3) is 1.00. The lowest BCUT2D eigenvalue weighted by molar-refractivity contribution is 0.111. The van der Waals surface area contributed by atoms with Gasteiger partial charge in [-0.2, -0.15) is 0 Å². The SMILES string of the molecule is CCCC1(CN2CCC(CC)CC2)CCNC1. The maximum atomic E-state index is 3.58. The molecule has 0 amide bonds. The van der Waals surface area contributed by atoms with Gasteiger partial charge in [-0.3, -0.25) is 0 Å². The molecule has 1 N–H and O–H groups in total. The van der Waals surface area contributed by atoms with Crippen LogP contribution in [0.2, 0.25) is 0 Å². The Bertz CT molecular complexity index is 213. The van der Waals surface area contributed by atoms with Crippen LogP contribution in [0.3, 0.4) is 0 Å². The molecule has 2 aliphatic heterocycles. The summed E-state index contributed by atoms with van der Waals surface area (Å²) in [6.45, 7) is 11.2. The molecule has 2 aliphatic rings. The van der Waals surface area contributed by atoms with E-state index < -0.39 is 0 Å². The first kappa shape index (κ1) is 13.4. The summed E-state index contributed by atoms with van der Waals surface area (Å²) in [6.07, 6.45) is 8.41. The van der Waals surface area contributed by atoms with Gasteiger partial charge >= 0.3 is 0 Å². The summed E-state index contributed by atoms with van der Waals surface area (Å²) in [5, 5.41) is 3.58. The van der Waals surface area contributed by atoms with Gasteiger partial charge in [-0.1, -0.05) is 26.7 Å². The second-order valence-corrected chi connectivity index (χ2v) is 6.30. The Hall–Kier alpha value is -0.0800. The number of piperidine rings is 1. The molecule has 2 heteroatoms. The summed E-state index contributed by atoms with van der Waals surface area (Å²) >= 11 is 0. The van der Waals surface area contributed by atoms with Crippen molar-refractivity contribution in [2.75, 3.05) is 32.7 Å². The van der Waals surface area contributed by atoms with Crippen molar-refractivity contribution in [2.24, 2.45) is 11.3 Å². The maximum absolute atomic E-state index is 3.58. The van der Waals surface area contributed by atoms with Crippen LogP contribution in [-0.2, 0) is 0 Å². The smallest absolute Gasteiger partial charge is 0.00506 e. The van der Waals surface area contributed by atoms with Gasteiger partial charge in [0, 0.05) is 13.1 Å². The highest BCUT2D eigenvalue weighted by Crippen LogP contribution is 2.33. The predicted molar refractivity (Wildman–Crippen MR) is 74.3 cm³/mol. The molecule has 0 spiro atoms. The average molecular weight is 238 g/mol. The molecule has 17 heavy (non-hydrogen) atoms. The Kier molecular flexibility index (Phi) is 4.87. The highest BCUT2D eigenvalue weighted by Gasteiger charge is 2.35. The number of hydrogen-bond acceptors (Lipinski definition) is 2. The van der Waals surface area contributed by atoms with Crippen LogP contribution in [0.25, 0.3) is 0 Å². The third kappa shape index (κ3) is 3.45. The van der Waals surface area contributed by atoms with Crippen molar-refractivity contribution < 1.29 is 0 Å². The number of hydrogen-bond donors (Lipinski definition) is 1. The van der Waals surface area contributed by atoms with E-state index in [0.717, 1.165) is 5.92 Å². The van der Waals surface area contributed by atoms with Gasteiger partial charge in [-0.05, 0) is 56.7 Å². The van der Waals surface area contributed by atoms with Gasteiger partial charge in [0.1, 0.15) is 0 Å². The first-order chi connectivity index (χ1) is 8.28. The van der Waals surface area contributed by atoms with E-state index >= 15 is 0 Å². The Morgan fingerprint density at radius 1 is 1.24 bits per heavy atom. The van der Waals surface area contributed by atoms with E-state index in [1.165, 1.54) is 71.2 Å². The molecule has 0 saturated carbocycles. The third-order valence-corrected chi connectivity index (χ3v) is 4.96. The molecule has 1 unspecified atom stereocenters. The van der Waals surface area contributed by atoms with E-state index in [4.69, 9.17) is 0 Å². The number of likely N-dealkylation sites (tertiary alicyclic amines) is 1. The fourth-order valence-electron chi connectivity index (χ4n) is 3.78. The van der Waals surface area contributed by atoms with E-state index in [9.17, 15) is 0 Å². The summed E-state index contributed by atoms with van der Waals surface area (Å²) in [6, 6.07) is 0. The zero-order valence-electron chi connectivity index (χ0n) is 11.8. The predicted octanol–water partition coefficient (Wildman–Crippen LogP) is 2.89. The number of nitrogens with zero attached hydrogens (tertiary/aromatic N) is 1. The molecular formula is C15H30N2. The Morgan fingerprint density at radius 3 is 2.53 bits per heavy atom. The van der Waals surface area contributed by atoms with Gasteiger partial charge in [0.05, 0.1) is 0 Å². The van der Waals surface area contributed by atoms with Crippen molar-refractivity contribution in [3.8, 4) is 0 Å². The largest absolute Gasteiger partial charge is 0.316 e.